The molecule has 0 spiro atoms. The largest absolute Gasteiger partial charge is 0.494 e. The van der Waals surface area contributed by atoms with Gasteiger partial charge in [0.1, 0.15) is 23.0 Å². The predicted octanol–water partition coefficient (Wildman–Crippen LogP) is 5.16. The second-order valence-electron chi connectivity index (χ2n) is 9.24. The molecular weight excluding hydrogens is 499 g/mol. The summed E-state index contributed by atoms with van der Waals surface area (Å²) >= 11 is 0. The quantitative estimate of drug-likeness (QED) is 0.354. The molecule has 0 unspecified atom stereocenters. The third-order valence-corrected chi connectivity index (χ3v) is 6.77. The van der Waals surface area contributed by atoms with Crippen LogP contribution in [0.2, 0.25) is 0 Å². The summed E-state index contributed by atoms with van der Waals surface area (Å²) in [5.41, 5.74) is 12.7. The van der Waals surface area contributed by atoms with Crippen LogP contribution in [0.5, 0.6) is 11.5 Å². The number of aromatic nitrogens is 1. The first-order chi connectivity index (χ1) is 18.7. The highest BCUT2D eigenvalue weighted by atomic mass is 19.1. The number of carbonyl (C=O) groups excluding carboxylic acids is 2. The number of allylic oxidation sites excluding steroid dienone is 3. The van der Waals surface area contributed by atoms with Crippen LogP contribution >= 0.6 is 0 Å². The molecule has 0 atom stereocenters. The Kier molecular flexibility index (Phi) is 8.29. The van der Waals surface area contributed by atoms with Crippen LogP contribution in [0.4, 0.5) is 14.9 Å². The van der Waals surface area contributed by atoms with E-state index in [1.165, 1.54) is 26.4 Å². The molecule has 3 aromatic rings. The van der Waals surface area contributed by atoms with Crippen LogP contribution in [0.1, 0.15) is 41.2 Å². The molecule has 0 bridgehead atoms. The zero-order valence-electron chi connectivity index (χ0n) is 22.4. The Hall–Kier alpha value is -4.66. The summed E-state index contributed by atoms with van der Waals surface area (Å²) in [6, 6.07) is 9.38. The Bertz CT molecular complexity index is 1470. The summed E-state index contributed by atoms with van der Waals surface area (Å²) in [5.74, 6) is 0.294. The number of ether oxygens (including phenoxy) is 2. The summed E-state index contributed by atoms with van der Waals surface area (Å²) in [5, 5.41) is 5.49. The second kappa shape index (κ2) is 11.8. The van der Waals surface area contributed by atoms with E-state index in [-0.39, 0.29) is 18.1 Å². The number of hydrogen-bond donors (Lipinski definition) is 3. The lowest BCUT2D eigenvalue weighted by atomic mass is 10.00. The van der Waals surface area contributed by atoms with Gasteiger partial charge in [-0.05, 0) is 95.1 Å². The van der Waals surface area contributed by atoms with E-state index in [4.69, 9.17) is 15.2 Å². The molecule has 0 saturated heterocycles. The first kappa shape index (κ1) is 27.4. The number of urea groups is 1. The zero-order valence-corrected chi connectivity index (χ0v) is 22.4. The van der Waals surface area contributed by atoms with E-state index in [1.807, 2.05) is 26.0 Å². The Morgan fingerprint density at radius 1 is 1.05 bits per heavy atom. The van der Waals surface area contributed by atoms with Crippen LogP contribution in [-0.4, -0.2) is 31.1 Å². The summed E-state index contributed by atoms with van der Waals surface area (Å²) in [4.78, 5) is 28.5. The summed E-state index contributed by atoms with van der Waals surface area (Å²) < 4.78 is 25.2. The van der Waals surface area contributed by atoms with Gasteiger partial charge in [-0.15, -0.1) is 0 Å². The molecule has 0 saturated carbocycles. The number of fused-ring (bicyclic) bond motifs is 1. The number of halogens is 1. The van der Waals surface area contributed by atoms with E-state index in [2.05, 4.69) is 15.6 Å². The Morgan fingerprint density at radius 2 is 1.77 bits per heavy atom. The smallest absolute Gasteiger partial charge is 0.316 e. The fourth-order valence-electron chi connectivity index (χ4n) is 4.71. The van der Waals surface area contributed by atoms with Crippen molar-refractivity contribution in [1.29, 1.82) is 0 Å². The minimum Gasteiger partial charge on any atom is -0.494 e. The molecule has 1 aliphatic carbocycles. The van der Waals surface area contributed by atoms with Gasteiger partial charge in [0.05, 0.1) is 20.6 Å². The Balaban J connectivity index is 1.61. The van der Waals surface area contributed by atoms with Gasteiger partial charge >= 0.3 is 6.03 Å². The Labute approximate surface area is 226 Å². The molecule has 1 aromatic heterocycles. The Morgan fingerprint density at radius 3 is 2.41 bits per heavy atom. The third kappa shape index (κ3) is 6.09. The second-order valence-corrected chi connectivity index (χ2v) is 9.24. The molecule has 0 radical (unpaired) electrons. The number of amides is 3. The SMILES string of the molecule is COc1cc(C/C=C2/C(C)=C(CC(=O)NCc3cnccc3C)c3cc(F)ccc32)cc(OC)c1NC(N)=O. The number of methoxy groups -OCH3 is 2. The zero-order chi connectivity index (χ0) is 28.1. The molecule has 1 heterocycles. The van der Waals surface area contributed by atoms with Gasteiger partial charge in [0, 0.05) is 18.9 Å². The van der Waals surface area contributed by atoms with Crippen molar-refractivity contribution in [2.45, 2.75) is 33.2 Å². The van der Waals surface area contributed by atoms with Crippen molar-refractivity contribution in [3.05, 3.63) is 94.1 Å². The van der Waals surface area contributed by atoms with E-state index >= 15 is 0 Å². The molecule has 202 valence electrons. The molecule has 0 aliphatic heterocycles. The summed E-state index contributed by atoms with van der Waals surface area (Å²) in [6.07, 6.45) is 6.10. The maximum atomic E-state index is 14.3. The first-order valence-corrected chi connectivity index (χ1v) is 12.4. The maximum absolute atomic E-state index is 14.3. The maximum Gasteiger partial charge on any atom is 0.316 e. The molecule has 4 N–H and O–H groups in total. The molecule has 4 rings (SSSR count). The molecule has 2 aromatic carbocycles. The minimum atomic E-state index is -0.732. The van der Waals surface area contributed by atoms with Crippen molar-refractivity contribution < 1.29 is 23.5 Å². The number of primary amides is 1. The van der Waals surface area contributed by atoms with Crippen LogP contribution in [-0.2, 0) is 17.8 Å². The van der Waals surface area contributed by atoms with Gasteiger partial charge in [0.15, 0.2) is 0 Å². The number of anilines is 1. The van der Waals surface area contributed by atoms with Gasteiger partial charge < -0.3 is 25.8 Å². The lowest BCUT2D eigenvalue weighted by Crippen LogP contribution is -2.23. The number of nitrogens with two attached hydrogens (primary N) is 1. The van der Waals surface area contributed by atoms with Gasteiger partial charge in [-0.3, -0.25) is 9.78 Å². The van der Waals surface area contributed by atoms with E-state index < -0.39 is 6.03 Å². The fraction of sp³-hybridized carbons (Fsp3) is 0.233. The number of hydrogen-bond acceptors (Lipinski definition) is 5. The lowest BCUT2D eigenvalue weighted by molar-refractivity contribution is -0.120. The van der Waals surface area contributed by atoms with Crippen molar-refractivity contribution in [3.8, 4) is 11.5 Å². The number of pyridine rings is 1. The predicted molar refractivity (Wildman–Crippen MR) is 149 cm³/mol. The van der Waals surface area contributed by atoms with Crippen LogP contribution in [0.15, 0.2) is 60.4 Å². The number of nitrogens with zero attached hydrogens (tertiary/aromatic N) is 1. The number of benzene rings is 2. The van der Waals surface area contributed by atoms with Crippen molar-refractivity contribution >= 4 is 28.8 Å². The molecule has 39 heavy (non-hydrogen) atoms. The highest BCUT2D eigenvalue weighted by Gasteiger charge is 2.26. The monoisotopic (exact) mass is 530 g/mol. The molecule has 0 fully saturated rings. The van der Waals surface area contributed by atoms with Crippen molar-refractivity contribution in [1.82, 2.24) is 10.3 Å². The third-order valence-electron chi connectivity index (χ3n) is 6.77. The standard InChI is InChI=1S/C30H31FN4O4/c1-17-9-10-33-15-20(17)16-34-28(36)14-24-18(2)22(23-8-6-21(31)13-25(23)24)7-5-19-11-26(38-3)29(35-30(32)37)27(12-19)39-4/h6-13,15H,5,14,16H2,1-4H3,(H,34,36)(H3,32,35,37)/b22-7-. The van der Waals surface area contributed by atoms with Crippen LogP contribution < -0.4 is 25.8 Å². The van der Waals surface area contributed by atoms with Crippen molar-refractivity contribution in [2.24, 2.45) is 5.73 Å². The molecular formula is C30H31FN4O4. The highest BCUT2D eigenvalue weighted by Crippen LogP contribution is 2.43. The first-order valence-electron chi connectivity index (χ1n) is 12.4. The molecule has 1 aliphatic rings. The van der Waals surface area contributed by atoms with Gasteiger partial charge in [0.25, 0.3) is 0 Å². The van der Waals surface area contributed by atoms with E-state index in [0.29, 0.717) is 35.7 Å². The number of aryl methyl sites for hydroxylation is 1. The summed E-state index contributed by atoms with van der Waals surface area (Å²) in [6.45, 7) is 4.28. The fourth-order valence-corrected chi connectivity index (χ4v) is 4.71. The lowest BCUT2D eigenvalue weighted by Gasteiger charge is -2.15. The highest BCUT2D eigenvalue weighted by molar-refractivity contribution is 6.04. The number of nitrogens with one attached hydrogen (secondary N) is 2. The average Bonchev–Trinajstić information content (AvgIpc) is 3.16. The van der Waals surface area contributed by atoms with Crippen LogP contribution in [0.3, 0.4) is 0 Å². The summed E-state index contributed by atoms with van der Waals surface area (Å²) in [7, 11) is 2.98. The van der Waals surface area contributed by atoms with Crippen molar-refractivity contribution in [2.75, 3.05) is 19.5 Å². The van der Waals surface area contributed by atoms with Gasteiger partial charge in [0.2, 0.25) is 5.91 Å². The molecule has 8 nitrogen and oxygen atoms in total. The van der Waals surface area contributed by atoms with E-state index in [1.54, 1.807) is 30.6 Å². The van der Waals surface area contributed by atoms with Gasteiger partial charge in [-0.1, -0.05) is 12.1 Å². The molecule has 3 amide bonds. The van der Waals surface area contributed by atoms with Crippen molar-refractivity contribution in [3.63, 3.8) is 0 Å². The van der Waals surface area contributed by atoms with Gasteiger partial charge in [-0.25, -0.2) is 9.18 Å². The molecule has 9 heteroatoms. The van der Waals surface area contributed by atoms with Crippen LogP contribution in [0, 0.1) is 12.7 Å². The normalized spacial score (nSPS) is 13.3. The number of rotatable bonds is 9. The number of carbonyl (C=O) groups is 2. The van der Waals surface area contributed by atoms with E-state index in [9.17, 15) is 14.0 Å². The minimum absolute atomic E-state index is 0.119. The van der Waals surface area contributed by atoms with Gasteiger partial charge in [-0.2, -0.15) is 0 Å². The van der Waals surface area contributed by atoms with E-state index in [0.717, 1.165) is 39.0 Å². The average molecular weight is 531 g/mol. The topological polar surface area (TPSA) is 116 Å². The van der Waals surface area contributed by atoms with Crippen LogP contribution in [0.25, 0.3) is 11.1 Å².